The van der Waals surface area contributed by atoms with Gasteiger partial charge in [-0.3, -0.25) is 4.90 Å². The van der Waals surface area contributed by atoms with Crippen molar-refractivity contribution in [3.63, 3.8) is 0 Å². The first kappa shape index (κ1) is 15.5. The van der Waals surface area contributed by atoms with Crippen LogP contribution in [0.2, 0.25) is 5.02 Å². The number of rotatable bonds is 4. The molecule has 0 radical (unpaired) electrons. The molecule has 1 aromatic rings. The standard InChI is InChI=1S/C15H22ClFN2O/c1-10(2)7-14(19-5-3-18-4-6-19)12-8-11(16)9-13(17)15(12)20/h8-10,14,18,20H,3-7H2,1-2H3/t14-/m0/s1. The van der Waals surface area contributed by atoms with E-state index in [1.807, 2.05) is 0 Å². The lowest BCUT2D eigenvalue weighted by molar-refractivity contribution is 0.151. The normalized spacial score (nSPS) is 18.4. The van der Waals surface area contributed by atoms with Gasteiger partial charge < -0.3 is 10.4 Å². The van der Waals surface area contributed by atoms with Gasteiger partial charge in [0.25, 0.3) is 0 Å². The third-order valence-corrected chi connectivity index (χ3v) is 3.92. The van der Waals surface area contributed by atoms with Crippen LogP contribution in [0.5, 0.6) is 5.75 Å². The maximum Gasteiger partial charge on any atom is 0.166 e. The number of phenols is 1. The van der Waals surface area contributed by atoms with E-state index in [1.165, 1.54) is 0 Å². The van der Waals surface area contributed by atoms with Crippen LogP contribution in [0.25, 0.3) is 0 Å². The first-order valence-electron chi connectivity index (χ1n) is 7.11. The summed E-state index contributed by atoms with van der Waals surface area (Å²) in [6, 6.07) is 2.85. The van der Waals surface area contributed by atoms with Crippen molar-refractivity contribution in [2.75, 3.05) is 26.2 Å². The van der Waals surface area contributed by atoms with E-state index in [-0.39, 0.29) is 11.8 Å². The van der Waals surface area contributed by atoms with Crippen molar-refractivity contribution in [3.05, 3.63) is 28.5 Å². The maximum absolute atomic E-state index is 13.7. The molecular weight excluding hydrogens is 279 g/mol. The van der Waals surface area contributed by atoms with Gasteiger partial charge in [0.15, 0.2) is 11.6 Å². The topological polar surface area (TPSA) is 35.5 Å². The summed E-state index contributed by atoms with van der Waals surface area (Å²) < 4.78 is 13.7. The van der Waals surface area contributed by atoms with Crippen LogP contribution < -0.4 is 5.32 Å². The molecule has 1 saturated heterocycles. The van der Waals surface area contributed by atoms with Gasteiger partial charge >= 0.3 is 0 Å². The number of nitrogens with zero attached hydrogens (tertiary/aromatic N) is 1. The van der Waals surface area contributed by atoms with Crippen molar-refractivity contribution < 1.29 is 9.50 Å². The smallest absolute Gasteiger partial charge is 0.166 e. The first-order chi connectivity index (χ1) is 9.49. The Morgan fingerprint density at radius 2 is 2.00 bits per heavy atom. The molecule has 2 N–H and O–H groups in total. The van der Waals surface area contributed by atoms with Gasteiger partial charge in [-0.05, 0) is 24.5 Å². The summed E-state index contributed by atoms with van der Waals surface area (Å²) in [5, 5.41) is 13.7. The molecule has 0 aromatic heterocycles. The van der Waals surface area contributed by atoms with Crippen molar-refractivity contribution in [3.8, 4) is 5.75 Å². The Hall–Kier alpha value is -0.840. The van der Waals surface area contributed by atoms with Crippen molar-refractivity contribution in [2.45, 2.75) is 26.3 Å². The highest BCUT2D eigenvalue weighted by atomic mass is 35.5. The Bertz CT molecular complexity index is 461. The van der Waals surface area contributed by atoms with E-state index in [4.69, 9.17) is 11.6 Å². The Morgan fingerprint density at radius 3 is 2.60 bits per heavy atom. The lowest BCUT2D eigenvalue weighted by Crippen LogP contribution is -2.45. The first-order valence-corrected chi connectivity index (χ1v) is 7.49. The summed E-state index contributed by atoms with van der Waals surface area (Å²) >= 11 is 5.96. The van der Waals surface area contributed by atoms with E-state index in [9.17, 15) is 9.50 Å². The number of aromatic hydroxyl groups is 1. The molecule has 0 amide bonds. The summed E-state index contributed by atoms with van der Waals surface area (Å²) in [6.07, 6.45) is 0.868. The Balaban J connectivity index is 2.34. The third-order valence-electron chi connectivity index (χ3n) is 3.70. The van der Waals surface area contributed by atoms with Crippen LogP contribution in [0.1, 0.15) is 31.9 Å². The molecule has 1 aliphatic rings. The van der Waals surface area contributed by atoms with Crippen molar-refractivity contribution in [2.24, 2.45) is 5.92 Å². The predicted molar refractivity (Wildman–Crippen MR) is 79.7 cm³/mol. The van der Waals surface area contributed by atoms with Crippen LogP contribution >= 0.6 is 11.6 Å². The molecule has 3 nitrogen and oxygen atoms in total. The molecule has 0 unspecified atom stereocenters. The maximum atomic E-state index is 13.7. The van der Waals surface area contributed by atoms with E-state index in [1.54, 1.807) is 6.07 Å². The van der Waals surface area contributed by atoms with E-state index in [2.05, 4.69) is 24.1 Å². The van der Waals surface area contributed by atoms with E-state index in [0.29, 0.717) is 16.5 Å². The van der Waals surface area contributed by atoms with Crippen molar-refractivity contribution >= 4 is 11.6 Å². The van der Waals surface area contributed by atoms with Gasteiger partial charge in [-0.25, -0.2) is 4.39 Å². The van der Waals surface area contributed by atoms with Gasteiger partial charge in [-0.2, -0.15) is 0 Å². The lowest BCUT2D eigenvalue weighted by atomic mass is 9.94. The highest BCUT2D eigenvalue weighted by Crippen LogP contribution is 2.37. The molecule has 20 heavy (non-hydrogen) atoms. The van der Waals surface area contributed by atoms with Crippen LogP contribution in [0.3, 0.4) is 0 Å². The molecule has 112 valence electrons. The average molecular weight is 301 g/mol. The molecule has 1 aliphatic heterocycles. The molecule has 5 heteroatoms. The Kier molecular flexibility index (Phi) is 5.24. The Labute approximate surface area is 124 Å². The van der Waals surface area contributed by atoms with Gasteiger partial charge in [0.1, 0.15) is 0 Å². The summed E-state index contributed by atoms with van der Waals surface area (Å²) in [4.78, 5) is 2.29. The van der Waals surface area contributed by atoms with Crippen LogP contribution in [0.4, 0.5) is 4.39 Å². The molecule has 0 aliphatic carbocycles. The fraction of sp³-hybridized carbons (Fsp3) is 0.600. The van der Waals surface area contributed by atoms with Crippen molar-refractivity contribution in [1.29, 1.82) is 0 Å². The van der Waals surface area contributed by atoms with Gasteiger partial charge in [-0.15, -0.1) is 0 Å². The molecule has 1 aromatic carbocycles. The number of halogens is 2. The number of hydrogen-bond donors (Lipinski definition) is 2. The van der Waals surface area contributed by atoms with Gasteiger partial charge in [0.2, 0.25) is 0 Å². The fourth-order valence-corrected chi connectivity index (χ4v) is 2.97. The monoisotopic (exact) mass is 300 g/mol. The average Bonchev–Trinajstić information content (AvgIpc) is 2.41. The summed E-state index contributed by atoms with van der Waals surface area (Å²) in [7, 11) is 0. The molecule has 0 bridgehead atoms. The number of benzene rings is 1. The zero-order valence-corrected chi connectivity index (χ0v) is 12.8. The Morgan fingerprint density at radius 1 is 1.35 bits per heavy atom. The second kappa shape index (κ2) is 6.74. The summed E-state index contributed by atoms with van der Waals surface area (Å²) in [6.45, 7) is 7.88. The number of phenolic OH excluding ortho intramolecular Hbond substituents is 1. The summed E-state index contributed by atoms with van der Waals surface area (Å²) in [5.74, 6) is -0.452. The van der Waals surface area contributed by atoms with E-state index >= 15 is 0 Å². The minimum absolute atomic E-state index is 0.00491. The minimum atomic E-state index is -0.642. The van der Waals surface area contributed by atoms with Gasteiger partial charge in [-0.1, -0.05) is 25.4 Å². The second-order valence-corrected chi connectivity index (χ2v) is 6.19. The molecule has 2 rings (SSSR count). The highest BCUT2D eigenvalue weighted by Gasteiger charge is 2.26. The largest absolute Gasteiger partial charge is 0.505 e. The van der Waals surface area contributed by atoms with Crippen molar-refractivity contribution in [1.82, 2.24) is 10.2 Å². The third kappa shape index (κ3) is 3.62. The second-order valence-electron chi connectivity index (χ2n) is 5.76. The molecule has 1 atom stereocenters. The van der Waals surface area contributed by atoms with Crippen LogP contribution in [0.15, 0.2) is 12.1 Å². The van der Waals surface area contributed by atoms with Crippen LogP contribution in [-0.2, 0) is 0 Å². The minimum Gasteiger partial charge on any atom is -0.505 e. The van der Waals surface area contributed by atoms with Gasteiger partial charge in [0, 0.05) is 42.8 Å². The van der Waals surface area contributed by atoms with Crippen LogP contribution in [0, 0.1) is 11.7 Å². The van der Waals surface area contributed by atoms with E-state index in [0.717, 1.165) is 38.7 Å². The van der Waals surface area contributed by atoms with Crippen LogP contribution in [-0.4, -0.2) is 36.2 Å². The highest BCUT2D eigenvalue weighted by molar-refractivity contribution is 6.30. The zero-order chi connectivity index (χ0) is 14.7. The quantitative estimate of drug-likeness (QED) is 0.896. The zero-order valence-electron chi connectivity index (χ0n) is 12.0. The number of nitrogens with one attached hydrogen (secondary N) is 1. The lowest BCUT2D eigenvalue weighted by Gasteiger charge is -2.36. The summed E-state index contributed by atoms with van der Waals surface area (Å²) in [5.41, 5.74) is 0.602. The fourth-order valence-electron chi connectivity index (χ4n) is 2.75. The predicted octanol–water partition coefficient (Wildman–Crippen LogP) is 3.18. The SMILES string of the molecule is CC(C)C[C@@H](c1cc(Cl)cc(F)c1O)N1CCNCC1. The number of hydrogen-bond acceptors (Lipinski definition) is 3. The van der Waals surface area contributed by atoms with E-state index < -0.39 is 5.82 Å². The molecule has 1 fully saturated rings. The molecular formula is C15H22ClFN2O. The molecule has 0 spiro atoms. The molecule has 0 saturated carbocycles. The molecule has 1 heterocycles. The van der Waals surface area contributed by atoms with Gasteiger partial charge in [0.05, 0.1) is 0 Å². The number of piperazine rings is 1.